The van der Waals surface area contributed by atoms with E-state index in [4.69, 9.17) is 0 Å². The van der Waals surface area contributed by atoms with Gasteiger partial charge >= 0.3 is 0 Å². The second kappa shape index (κ2) is 3.81. The summed E-state index contributed by atoms with van der Waals surface area (Å²) in [5.41, 5.74) is 2.71. The Morgan fingerprint density at radius 3 is 2.00 bits per heavy atom. The van der Waals surface area contributed by atoms with E-state index >= 15 is 0 Å². The Kier molecular flexibility index (Phi) is 3.71. The maximum absolute atomic E-state index is 11.7. The van der Waals surface area contributed by atoms with Crippen molar-refractivity contribution in [2.75, 3.05) is 12.3 Å². The third kappa shape index (κ3) is 1.87. The van der Waals surface area contributed by atoms with Crippen LogP contribution in [0, 0.1) is 0 Å². The Balaban J connectivity index is 4.67. The van der Waals surface area contributed by atoms with Gasteiger partial charge in [0.05, 0.1) is 0 Å². The van der Waals surface area contributed by atoms with Crippen LogP contribution in [0.15, 0.2) is 17.6 Å². The average molecular weight is 158 g/mol. The highest BCUT2D eigenvalue weighted by molar-refractivity contribution is 7.68. The van der Waals surface area contributed by atoms with Crippen LogP contribution in [0.2, 0.25) is 0 Å². The van der Waals surface area contributed by atoms with Crippen LogP contribution in [0.3, 0.4) is 0 Å². The summed E-state index contributed by atoms with van der Waals surface area (Å²) in [5.74, 6) is 0. The quantitative estimate of drug-likeness (QED) is 0.455. The van der Waals surface area contributed by atoms with Crippen molar-refractivity contribution in [1.82, 2.24) is 0 Å². The van der Waals surface area contributed by atoms with Gasteiger partial charge < -0.3 is 4.57 Å². The first-order valence-corrected chi connectivity index (χ1v) is 5.63. The normalized spacial score (nSPS) is 10.7. The molecule has 2 heteroatoms. The van der Waals surface area contributed by atoms with Crippen molar-refractivity contribution in [3.8, 4) is 0 Å². The fourth-order valence-electron chi connectivity index (χ4n) is 0.842. The van der Waals surface area contributed by atoms with Crippen molar-refractivity contribution >= 4 is 7.14 Å². The third-order valence-electron chi connectivity index (χ3n) is 1.89. The smallest absolute Gasteiger partial charge is 0.118 e. The van der Waals surface area contributed by atoms with Gasteiger partial charge in [-0.05, 0) is 6.92 Å². The molecule has 58 valence electrons. The summed E-state index contributed by atoms with van der Waals surface area (Å²) in [6, 6.07) is 0. The predicted molar refractivity (Wildman–Crippen MR) is 47.0 cm³/mol. The predicted octanol–water partition coefficient (Wildman–Crippen LogP) is 3.08. The molecule has 1 nitrogen and oxygen atoms in total. The highest BCUT2D eigenvalue weighted by Gasteiger charge is 2.18. The zero-order valence-electron chi connectivity index (χ0n) is 6.98. The molecule has 0 amide bonds. The molecule has 0 bridgehead atoms. The van der Waals surface area contributed by atoms with Crippen LogP contribution in [0.5, 0.6) is 0 Å². The molecule has 0 fully saturated rings. The molecule has 0 aliphatic carbocycles. The minimum Gasteiger partial charge on any atom is -0.318 e. The molecule has 0 atom stereocenters. The van der Waals surface area contributed by atoms with Crippen LogP contribution in [0.4, 0.5) is 0 Å². The molecule has 0 aromatic heterocycles. The van der Waals surface area contributed by atoms with Crippen LogP contribution in [0.1, 0.15) is 20.8 Å². The van der Waals surface area contributed by atoms with Crippen LogP contribution in [0.25, 0.3) is 0 Å². The van der Waals surface area contributed by atoms with Crippen molar-refractivity contribution in [2.24, 2.45) is 0 Å². The molecule has 0 rings (SSSR count). The molecule has 0 aliphatic heterocycles. The third-order valence-corrected chi connectivity index (χ3v) is 5.31. The number of allylic oxidation sites excluding steroid dienone is 1. The van der Waals surface area contributed by atoms with Gasteiger partial charge in [0.2, 0.25) is 0 Å². The van der Waals surface area contributed by atoms with Crippen molar-refractivity contribution in [3.63, 3.8) is 0 Å². The molecule has 0 N–H and O–H groups in total. The first-order valence-electron chi connectivity index (χ1n) is 3.56. The minimum atomic E-state index is -2.03. The molecule has 0 aromatic carbocycles. The summed E-state index contributed by atoms with van der Waals surface area (Å²) in [6.07, 6.45) is 1.47. The van der Waals surface area contributed by atoms with Gasteiger partial charge in [0.15, 0.2) is 0 Å². The molecule has 0 heterocycles. The molecule has 0 saturated heterocycles. The van der Waals surface area contributed by atoms with Crippen LogP contribution in [-0.2, 0) is 4.57 Å². The lowest BCUT2D eigenvalue weighted by Gasteiger charge is -2.11. The van der Waals surface area contributed by atoms with Gasteiger partial charge in [-0.3, -0.25) is 0 Å². The van der Waals surface area contributed by atoms with E-state index in [0.29, 0.717) is 0 Å². The molecule has 0 spiro atoms. The van der Waals surface area contributed by atoms with Gasteiger partial charge in [0, 0.05) is 17.6 Å². The van der Waals surface area contributed by atoms with E-state index in [9.17, 15) is 4.57 Å². The van der Waals surface area contributed by atoms with Crippen LogP contribution >= 0.6 is 7.14 Å². The van der Waals surface area contributed by atoms with E-state index in [1.165, 1.54) is 0 Å². The lowest BCUT2D eigenvalue weighted by atomic mass is 10.7. The highest BCUT2D eigenvalue weighted by atomic mass is 31.2. The van der Waals surface area contributed by atoms with E-state index in [0.717, 1.165) is 17.6 Å². The first-order chi connectivity index (χ1) is 4.60. The second-order valence-corrected chi connectivity index (χ2v) is 6.00. The van der Waals surface area contributed by atoms with Crippen molar-refractivity contribution < 1.29 is 4.57 Å². The second-order valence-electron chi connectivity index (χ2n) is 2.28. The average Bonchev–Trinajstić information content (AvgIpc) is 2.01. The molecule has 0 unspecified atom stereocenters. The van der Waals surface area contributed by atoms with Gasteiger partial charge in [0.25, 0.3) is 0 Å². The van der Waals surface area contributed by atoms with Gasteiger partial charge in [-0.25, -0.2) is 0 Å². The monoisotopic (exact) mass is 158 g/mol. The zero-order chi connectivity index (χ0) is 8.20. The number of hydrogen-bond acceptors (Lipinski definition) is 1. The van der Waals surface area contributed by atoms with Crippen LogP contribution in [-0.4, -0.2) is 12.3 Å². The van der Waals surface area contributed by atoms with E-state index < -0.39 is 7.14 Å². The van der Waals surface area contributed by atoms with Crippen molar-refractivity contribution in [2.45, 2.75) is 20.8 Å². The Hall–Kier alpha value is -0.250. The summed E-state index contributed by atoms with van der Waals surface area (Å²) >= 11 is 0. The van der Waals surface area contributed by atoms with E-state index in [1.807, 2.05) is 20.8 Å². The van der Waals surface area contributed by atoms with E-state index in [1.54, 1.807) is 0 Å². The number of rotatable bonds is 3. The first kappa shape index (κ1) is 9.75. The van der Waals surface area contributed by atoms with E-state index in [2.05, 4.69) is 12.3 Å². The standard InChI is InChI=1S/C8H15OP/c1-5-8(4)10(9,6-2)7-3/h1,6-7H2,2-4H3. The molecule has 0 aliphatic rings. The highest BCUT2D eigenvalue weighted by Crippen LogP contribution is 2.51. The Morgan fingerprint density at radius 1 is 1.50 bits per heavy atom. The maximum Gasteiger partial charge on any atom is 0.118 e. The van der Waals surface area contributed by atoms with Crippen molar-refractivity contribution in [3.05, 3.63) is 17.6 Å². The SMILES string of the molecule is C=C=C(C)P(=O)(CC)CC. The summed E-state index contributed by atoms with van der Waals surface area (Å²) in [7, 11) is -2.03. The van der Waals surface area contributed by atoms with Gasteiger partial charge in [-0.2, -0.15) is 0 Å². The molecule has 0 saturated carbocycles. The molecule has 10 heavy (non-hydrogen) atoms. The Morgan fingerprint density at radius 2 is 1.90 bits per heavy atom. The van der Waals surface area contributed by atoms with E-state index in [-0.39, 0.29) is 0 Å². The summed E-state index contributed by atoms with van der Waals surface area (Å²) in [4.78, 5) is 0. The molecule has 0 aromatic rings. The minimum absolute atomic E-state index is 0.734. The number of hydrogen-bond donors (Lipinski definition) is 0. The summed E-state index contributed by atoms with van der Waals surface area (Å²) in [5, 5.41) is 0.845. The summed E-state index contributed by atoms with van der Waals surface area (Å²) in [6.45, 7) is 9.24. The fourth-order valence-corrected chi connectivity index (χ4v) is 2.53. The Labute approximate surface area is 63.2 Å². The topological polar surface area (TPSA) is 17.1 Å². The summed E-state index contributed by atoms with van der Waals surface area (Å²) < 4.78 is 11.7. The van der Waals surface area contributed by atoms with Gasteiger partial charge in [0.1, 0.15) is 7.14 Å². The lowest BCUT2D eigenvalue weighted by molar-refractivity contribution is 0.580. The zero-order valence-corrected chi connectivity index (χ0v) is 7.87. The largest absolute Gasteiger partial charge is 0.318 e. The fraction of sp³-hybridized carbons (Fsp3) is 0.625. The van der Waals surface area contributed by atoms with Gasteiger partial charge in [-0.1, -0.05) is 20.4 Å². The van der Waals surface area contributed by atoms with Crippen molar-refractivity contribution in [1.29, 1.82) is 0 Å². The molecular weight excluding hydrogens is 143 g/mol. The van der Waals surface area contributed by atoms with Gasteiger partial charge in [-0.15, -0.1) is 5.73 Å². The molecular formula is C8H15OP. The lowest BCUT2D eigenvalue weighted by Crippen LogP contribution is -1.89. The molecule has 0 radical (unpaired) electrons. The Bertz CT molecular complexity index is 191. The van der Waals surface area contributed by atoms with Crippen LogP contribution < -0.4 is 0 Å². The maximum atomic E-state index is 11.7.